The van der Waals surface area contributed by atoms with Crippen molar-refractivity contribution in [1.29, 1.82) is 0 Å². The molecule has 0 aliphatic rings. The molecule has 0 saturated carbocycles. The van der Waals surface area contributed by atoms with E-state index in [0.717, 1.165) is 15.8 Å². The standard InChI is InChI=1S/C17H19NO6S2/c1-10-7-13(11(2)25-10)14(19)9-24-17(20)12-5-6-15(23-4)16(8-12)26(21,22)18-3/h5-8,18H,9H2,1-4H3. The minimum Gasteiger partial charge on any atom is -0.495 e. The molecule has 0 bridgehead atoms. The number of esters is 1. The van der Waals surface area contributed by atoms with Crippen LogP contribution in [0.3, 0.4) is 0 Å². The molecule has 0 aliphatic carbocycles. The average Bonchev–Trinajstić information content (AvgIpc) is 2.97. The number of Topliss-reactive ketones (excluding diaryl/α,β-unsaturated/α-hetero) is 1. The van der Waals surface area contributed by atoms with E-state index in [1.165, 1.54) is 37.6 Å². The molecule has 0 spiro atoms. The van der Waals surface area contributed by atoms with Crippen molar-refractivity contribution in [3.63, 3.8) is 0 Å². The maximum absolute atomic E-state index is 12.2. The number of hydrogen-bond acceptors (Lipinski definition) is 7. The minimum absolute atomic E-state index is 0.00523. The molecule has 0 saturated heterocycles. The van der Waals surface area contributed by atoms with Gasteiger partial charge in [0, 0.05) is 15.3 Å². The van der Waals surface area contributed by atoms with Crippen molar-refractivity contribution in [3.8, 4) is 5.75 Å². The molecule has 7 nitrogen and oxygen atoms in total. The molecular weight excluding hydrogens is 378 g/mol. The molecule has 26 heavy (non-hydrogen) atoms. The summed E-state index contributed by atoms with van der Waals surface area (Å²) >= 11 is 1.49. The molecule has 1 N–H and O–H groups in total. The highest BCUT2D eigenvalue weighted by Gasteiger charge is 2.21. The van der Waals surface area contributed by atoms with Crippen LogP contribution in [0.1, 0.15) is 30.5 Å². The first-order chi connectivity index (χ1) is 12.2. The highest BCUT2D eigenvalue weighted by atomic mass is 32.2. The molecule has 0 unspecified atom stereocenters. The summed E-state index contributed by atoms with van der Waals surface area (Å²) in [5, 5.41) is 0. The van der Waals surface area contributed by atoms with E-state index in [0.29, 0.717) is 5.56 Å². The number of carbonyl (C=O) groups excluding carboxylic acids is 2. The molecule has 0 aliphatic heterocycles. The zero-order valence-electron chi connectivity index (χ0n) is 14.8. The van der Waals surface area contributed by atoms with E-state index >= 15 is 0 Å². The largest absolute Gasteiger partial charge is 0.495 e. The number of thiophene rings is 1. The van der Waals surface area contributed by atoms with Crippen molar-refractivity contribution in [3.05, 3.63) is 45.1 Å². The molecule has 2 rings (SSSR count). The molecular formula is C17H19NO6S2. The normalized spacial score (nSPS) is 11.2. The fraction of sp³-hybridized carbons (Fsp3) is 0.294. The lowest BCUT2D eigenvalue weighted by Crippen LogP contribution is -2.20. The van der Waals surface area contributed by atoms with Crippen LogP contribution in [0, 0.1) is 13.8 Å². The van der Waals surface area contributed by atoms with E-state index in [2.05, 4.69) is 4.72 Å². The Balaban J connectivity index is 2.18. The van der Waals surface area contributed by atoms with E-state index in [4.69, 9.17) is 9.47 Å². The van der Waals surface area contributed by atoms with E-state index in [1.54, 1.807) is 6.07 Å². The highest BCUT2D eigenvalue weighted by Crippen LogP contribution is 2.25. The second kappa shape index (κ2) is 7.98. The van der Waals surface area contributed by atoms with Crippen LogP contribution in [0.2, 0.25) is 0 Å². The van der Waals surface area contributed by atoms with E-state index in [-0.39, 0.29) is 22.0 Å². The van der Waals surface area contributed by atoms with Crippen molar-refractivity contribution in [1.82, 2.24) is 4.72 Å². The summed E-state index contributed by atoms with van der Waals surface area (Å²) in [6, 6.07) is 5.63. The summed E-state index contributed by atoms with van der Waals surface area (Å²) in [6.45, 7) is 3.29. The molecule has 1 aromatic carbocycles. The maximum atomic E-state index is 12.2. The van der Waals surface area contributed by atoms with Crippen molar-refractivity contribution < 1.29 is 27.5 Å². The van der Waals surface area contributed by atoms with Gasteiger partial charge in [0.25, 0.3) is 0 Å². The van der Waals surface area contributed by atoms with Gasteiger partial charge in [-0.2, -0.15) is 0 Å². The van der Waals surface area contributed by atoms with Crippen LogP contribution in [-0.4, -0.2) is 40.9 Å². The van der Waals surface area contributed by atoms with Crippen molar-refractivity contribution in [2.24, 2.45) is 0 Å². The van der Waals surface area contributed by atoms with Gasteiger partial charge in [0.15, 0.2) is 6.61 Å². The van der Waals surface area contributed by atoms with Gasteiger partial charge in [-0.25, -0.2) is 17.9 Å². The maximum Gasteiger partial charge on any atom is 0.338 e. The topological polar surface area (TPSA) is 98.8 Å². The van der Waals surface area contributed by atoms with Crippen LogP contribution in [0.5, 0.6) is 5.75 Å². The zero-order valence-corrected chi connectivity index (χ0v) is 16.4. The lowest BCUT2D eigenvalue weighted by Gasteiger charge is -2.10. The molecule has 1 aromatic heterocycles. The fourth-order valence-electron chi connectivity index (χ4n) is 2.32. The lowest BCUT2D eigenvalue weighted by molar-refractivity contribution is 0.0474. The van der Waals surface area contributed by atoms with Crippen LogP contribution >= 0.6 is 11.3 Å². The summed E-state index contributed by atoms with van der Waals surface area (Å²) in [5.74, 6) is -1.01. The van der Waals surface area contributed by atoms with Crippen LogP contribution < -0.4 is 9.46 Å². The number of methoxy groups -OCH3 is 1. The van der Waals surface area contributed by atoms with Gasteiger partial charge >= 0.3 is 5.97 Å². The second-order valence-corrected chi connectivity index (χ2v) is 8.71. The zero-order chi connectivity index (χ0) is 19.5. The van der Waals surface area contributed by atoms with Gasteiger partial charge in [-0.1, -0.05) is 0 Å². The number of rotatable bonds is 7. The number of benzene rings is 1. The Bertz CT molecular complexity index is 946. The molecule has 0 atom stereocenters. The number of aryl methyl sites for hydroxylation is 2. The SMILES string of the molecule is CNS(=O)(=O)c1cc(C(=O)OCC(=O)c2cc(C)sc2C)ccc1OC. The summed E-state index contributed by atoms with van der Waals surface area (Å²) < 4.78 is 36.3. The first-order valence-electron chi connectivity index (χ1n) is 7.58. The number of ketones is 1. The molecule has 140 valence electrons. The van der Waals surface area contributed by atoms with E-state index in [9.17, 15) is 18.0 Å². The van der Waals surface area contributed by atoms with Crippen molar-refractivity contribution in [2.75, 3.05) is 20.8 Å². The second-order valence-electron chi connectivity index (χ2n) is 5.40. The monoisotopic (exact) mass is 397 g/mol. The van der Waals surface area contributed by atoms with E-state index < -0.39 is 22.6 Å². The average molecular weight is 397 g/mol. The predicted molar refractivity (Wildman–Crippen MR) is 97.6 cm³/mol. The van der Waals surface area contributed by atoms with Crippen LogP contribution in [0.15, 0.2) is 29.2 Å². The third kappa shape index (κ3) is 4.29. The number of nitrogens with one attached hydrogen (secondary N) is 1. The van der Waals surface area contributed by atoms with Gasteiger partial charge < -0.3 is 9.47 Å². The quantitative estimate of drug-likeness (QED) is 0.569. The number of sulfonamides is 1. The molecule has 1 heterocycles. The van der Waals surface area contributed by atoms with Gasteiger partial charge in [0.05, 0.1) is 12.7 Å². The van der Waals surface area contributed by atoms with Crippen LogP contribution in [-0.2, 0) is 14.8 Å². The Morgan fingerprint density at radius 1 is 1.19 bits per heavy atom. The smallest absolute Gasteiger partial charge is 0.338 e. The predicted octanol–water partition coefficient (Wildman–Crippen LogP) is 2.32. The Labute approximate surface area is 156 Å². The highest BCUT2D eigenvalue weighted by molar-refractivity contribution is 7.89. The Morgan fingerprint density at radius 2 is 1.88 bits per heavy atom. The van der Waals surface area contributed by atoms with Gasteiger partial charge in [-0.3, -0.25) is 4.79 Å². The summed E-state index contributed by atoms with van der Waals surface area (Å²) in [6.07, 6.45) is 0. The first-order valence-corrected chi connectivity index (χ1v) is 9.88. The third-order valence-electron chi connectivity index (χ3n) is 3.63. The molecule has 0 amide bonds. The van der Waals surface area contributed by atoms with Crippen molar-refractivity contribution in [2.45, 2.75) is 18.7 Å². The number of hydrogen-bond donors (Lipinski definition) is 1. The first kappa shape index (κ1) is 20.1. The Morgan fingerprint density at radius 3 is 2.42 bits per heavy atom. The number of carbonyl (C=O) groups is 2. The molecule has 9 heteroatoms. The fourth-order valence-corrected chi connectivity index (χ4v) is 4.18. The van der Waals surface area contributed by atoms with Gasteiger partial charge in [0.2, 0.25) is 15.8 Å². The van der Waals surface area contributed by atoms with Crippen molar-refractivity contribution >= 4 is 33.1 Å². The summed E-state index contributed by atoms with van der Waals surface area (Å²) in [7, 11) is -1.24. The van der Waals surface area contributed by atoms with Crippen LogP contribution in [0.25, 0.3) is 0 Å². The summed E-state index contributed by atoms with van der Waals surface area (Å²) in [5.41, 5.74) is 0.527. The van der Waals surface area contributed by atoms with Crippen LogP contribution in [0.4, 0.5) is 0 Å². The molecule has 0 fully saturated rings. The minimum atomic E-state index is -3.82. The number of ether oxygens (including phenoxy) is 2. The third-order valence-corrected chi connectivity index (χ3v) is 6.03. The van der Waals surface area contributed by atoms with Gasteiger partial charge in [0.1, 0.15) is 10.6 Å². The Hall–Kier alpha value is -2.23. The Kier molecular flexibility index (Phi) is 6.17. The van der Waals surface area contributed by atoms with E-state index in [1.807, 2.05) is 13.8 Å². The molecule has 2 aromatic rings. The van der Waals surface area contributed by atoms with Gasteiger partial charge in [-0.15, -0.1) is 11.3 Å². The summed E-state index contributed by atoms with van der Waals surface area (Å²) in [4.78, 5) is 26.1. The van der Waals surface area contributed by atoms with Gasteiger partial charge in [-0.05, 0) is 45.2 Å². The molecule has 0 radical (unpaired) electrons. The lowest BCUT2D eigenvalue weighted by atomic mass is 10.1.